The second-order valence-electron chi connectivity index (χ2n) is 3.07. The van der Waals surface area contributed by atoms with Crippen molar-refractivity contribution in [2.24, 2.45) is 0 Å². The molecule has 2 heterocycles. The summed E-state index contributed by atoms with van der Waals surface area (Å²) in [7, 11) is 0. The summed E-state index contributed by atoms with van der Waals surface area (Å²) in [6.07, 6.45) is 0. The van der Waals surface area contributed by atoms with Gasteiger partial charge in [0.2, 0.25) is 0 Å². The normalized spacial score (nSPS) is 17.4. The molecule has 0 atom stereocenters. The Kier molecular flexibility index (Phi) is 1.69. The van der Waals surface area contributed by atoms with Crippen molar-refractivity contribution in [3.05, 3.63) is 28.2 Å². The van der Waals surface area contributed by atoms with Crippen LogP contribution >= 0.6 is 0 Å². The van der Waals surface area contributed by atoms with E-state index in [0.29, 0.717) is 0 Å². The van der Waals surface area contributed by atoms with Crippen LogP contribution in [0, 0.1) is 6.92 Å². The van der Waals surface area contributed by atoms with E-state index >= 15 is 0 Å². The zero-order valence-corrected chi connectivity index (χ0v) is 6.95. The fourth-order valence-corrected chi connectivity index (χ4v) is 1.23. The zero-order valence-electron chi connectivity index (χ0n) is 6.95. The first-order valence-electron chi connectivity index (χ1n) is 4.04. The van der Waals surface area contributed by atoms with Gasteiger partial charge in [-0.05, 0) is 13.0 Å². The lowest BCUT2D eigenvalue weighted by molar-refractivity contribution is 0.305. The minimum atomic E-state index is -0.00731. The van der Waals surface area contributed by atoms with Gasteiger partial charge < -0.3 is 5.32 Å². The van der Waals surface area contributed by atoms with Gasteiger partial charge in [0.25, 0.3) is 5.56 Å². The smallest absolute Gasteiger partial charge is 0.267 e. The number of aryl methyl sites for hydroxylation is 1. The molecule has 1 aliphatic heterocycles. The maximum atomic E-state index is 11.3. The van der Waals surface area contributed by atoms with Crippen molar-refractivity contribution in [1.29, 1.82) is 0 Å². The molecule has 1 aromatic heterocycles. The summed E-state index contributed by atoms with van der Waals surface area (Å²) in [6, 6.07) is 3.57. The van der Waals surface area contributed by atoms with E-state index in [0.717, 1.165) is 18.8 Å². The van der Waals surface area contributed by atoms with Crippen LogP contribution in [0.15, 0.2) is 16.9 Å². The molecule has 4 heteroatoms. The fourth-order valence-electron chi connectivity index (χ4n) is 1.23. The Morgan fingerprint density at radius 2 is 2.33 bits per heavy atom. The average molecular weight is 165 g/mol. The number of nitrogens with one attached hydrogen (secondary N) is 1. The molecule has 1 aliphatic rings. The van der Waals surface area contributed by atoms with Gasteiger partial charge in [0, 0.05) is 19.2 Å². The second-order valence-corrected chi connectivity index (χ2v) is 3.07. The standard InChI is InChI=1S/C8H11N3O/c1-6-2-3-8(12)11(10-6)7-4-9-5-7/h2-3,7,9H,4-5H2,1H3. The molecule has 12 heavy (non-hydrogen) atoms. The summed E-state index contributed by atoms with van der Waals surface area (Å²) in [4.78, 5) is 11.3. The Hall–Kier alpha value is -1.16. The van der Waals surface area contributed by atoms with Crippen molar-refractivity contribution in [1.82, 2.24) is 15.1 Å². The van der Waals surface area contributed by atoms with Crippen molar-refractivity contribution in [2.75, 3.05) is 13.1 Å². The van der Waals surface area contributed by atoms with Gasteiger partial charge >= 0.3 is 0 Å². The SMILES string of the molecule is Cc1ccc(=O)n(C2CNC2)n1. The summed E-state index contributed by atoms with van der Waals surface area (Å²) in [5.41, 5.74) is 0.883. The summed E-state index contributed by atoms with van der Waals surface area (Å²) < 4.78 is 1.56. The number of nitrogens with zero attached hydrogens (tertiary/aromatic N) is 2. The minimum Gasteiger partial charge on any atom is -0.312 e. The van der Waals surface area contributed by atoms with E-state index in [-0.39, 0.29) is 11.6 Å². The van der Waals surface area contributed by atoms with Crippen LogP contribution in [0.5, 0.6) is 0 Å². The molecule has 0 spiro atoms. The van der Waals surface area contributed by atoms with Crippen LogP contribution in [-0.2, 0) is 0 Å². The van der Waals surface area contributed by atoms with E-state index in [9.17, 15) is 4.79 Å². The molecule has 1 N–H and O–H groups in total. The highest BCUT2D eigenvalue weighted by molar-refractivity contribution is 4.99. The maximum Gasteiger partial charge on any atom is 0.267 e. The van der Waals surface area contributed by atoms with Crippen LogP contribution in [0.3, 0.4) is 0 Å². The van der Waals surface area contributed by atoms with Crippen molar-refractivity contribution in [3.63, 3.8) is 0 Å². The molecule has 0 unspecified atom stereocenters. The monoisotopic (exact) mass is 165 g/mol. The molecule has 0 bridgehead atoms. The molecule has 64 valence electrons. The van der Waals surface area contributed by atoms with Gasteiger partial charge in [-0.1, -0.05) is 0 Å². The van der Waals surface area contributed by atoms with Crippen LogP contribution in [0.4, 0.5) is 0 Å². The van der Waals surface area contributed by atoms with Gasteiger partial charge in [0.1, 0.15) is 0 Å². The highest BCUT2D eigenvalue weighted by Gasteiger charge is 2.20. The Bertz CT molecular complexity index is 340. The average Bonchev–Trinajstić information content (AvgIpc) is 1.93. The molecule has 1 saturated heterocycles. The molecular formula is C8H11N3O. The quantitative estimate of drug-likeness (QED) is 0.621. The third kappa shape index (κ3) is 1.14. The third-order valence-electron chi connectivity index (χ3n) is 2.06. The van der Waals surface area contributed by atoms with Crippen LogP contribution < -0.4 is 10.9 Å². The van der Waals surface area contributed by atoms with E-state index < -0.39 is 0 Å². The van der Waals surface area contributed by atoms with Gasteiger partial charge in [-0.2, -0.15) is 5.10 Å². The summed E-state index contributed by atoms with van der Waals surface area (Å²) in [5, 5.41) is 7.27. The Morgan fingerprint density at radius 3 is 2.92 bits per heavy atom. The van der Waals surface area contributed by atoms with Gasteiger partial charge in [0.15, 0.2) is 0 Å². The molecule has 0 saturated carbocycles. The van der Waals surface area contributed by atoms with E-state index in [2.05, 4.69) is 10.4 Å². The lowest BCUT2D eigenvalue weighted by atomic mass is 10.2. The van der Waals surface area contributed by atoms with Gasteiger partial charge in [-0.3, -0.25) is 4.79 Å². The van der Waals surface area contributed by atoms with E-state index in [1.165, 1.54) is 0 Å². The van der Waals surface area contributed by atoms with E-state index in [1.54, 1.807) is 16.8 Å². The molecular weight excluding hydrogens is 154 g/mol. The topological polar surface area (TPSA) is 46.9 Å². The van der Waals surface area contributed by atoms with Gasteiger partial charge in [-0.25, -0.2) is 4.68 Å². The summed E-state index contributed by atoms with van der Waals surface area (Å²) in [6.45, 7) is 3.61. The highest BCUT2D eigenvalue weighted by atomic mass is 16.1. The number of aromatic nitrogens is 2. The highest BCUT2D eigenvalue weighted by Crippen LogP contribution is 2.06. The summed E-state index contributed by atoms with van der Waals surface area (Å²) >= 11 is 0. The second kappa shape index (κ2) is 2.71. The number of hydrogen-bond acceptors (Lipinski definition) is 3. The van der Waals surface area contributed by atoms with Crippen molar-refractivity contribution in [2.45, 2.75) is 13.0 Å². The van der Waals surface area contributed by atoms with E-state index in [1.807, 2.05) is 6.92 Å². The first-order chi connectivity index (χ1) is 5.77. The Labute approximate surface area is 70.2 Å². The molecule has 1 aromatic rings. The molecule has 4 nitrogen and oxygen atoms in total. The molecule has 1 fully saturated rings. The van der Waals surface area contributed by atoms with Crippen molar-refractivity contribution in [3.8, 4) is 0 Å². The molecule has 0 aromatic carbocycles. The molecule has 0 amide bonds. The molecule has 2 rings (SSSR count). The fraction of sp³-hybridized carbons (Fsp3) is 0.500. The predicted molar refractivity (Wildman–Crippen MR) is 45.1 cm³/mol. The lowest BCUT2D eigenvalue weighted by Crippen LogP contribution is -2.47. The maximum absolute atomic E-state index is 11.3. The summed E-state index contributed by atoms with van der Waals surface area (Å²) in [5.74, 6) is 0. The minimum absolute atomic E-state index is 0.00731. The van der Waals surface area contributed by atoms with Crippen LogP contribution in [-0.4, -0.2) is 22.9 Å². The largest absolute Gasteiger partial charge is 0.312 e. The van der Waals surface area contributed by atoms with Crippen LogP contribution in [0.1, 0.15) is 11.7 Å². The third-order valence-corrected chi connectivity index (χ3v) is 2.06. The molecule has 0 aliphatic carbocycles. The zero-order chi connectivity index (χ0) is 8.55. The van der Waals surface area contributed by atoms with Crippen LogP contribution in [0.25, 0.3) is 0 Å². The van der Waals surface area contributed by atoms with Crippen molar-refractivity contribution >= 4 is 0 Å². The van der Waals surface area contributed by atoms with Crippen LogP contribution in [0.2, 0.25) is 0 Å². The molecule has 0 radical (unpaired) electrons. The van der Waals surface area contributed by atoms with Gasteiger partial charge in [-0.15, -0.1) is 0 Å². The van der Waals surface area contributed by atoms with E-state index in [4.69, 9.17) is 0 Å². The van der Waals surface area contributed by atoms with Gasteiger partial charge in [0.05, 0.1) is 11.7 Å². The first-order valence-corrected chi connectivity index (χ1v) is 4.04. The number of rotatable bonds is 1. The Balaban J connectivity index is 2.40. The predicted octanol–water partition coefficient (Wildman–Crippen LogP) is -0.304. The lowest BCUT2D eigenvalue weighted by Gasteiger charge is -2.27. The number of hydrogen-bond donors (Lipinski definition) is 1. The first kappa shape index (κ1) is 7.49. The van der Waals surface area contributed by atoms with Crippen molar-refractivity contribution < 1.29 is 0 Å². The Morgan fingerprint density at radius 1 is 1.58 bits per heavy atom.